The number of hydrogen-bond donors (Lipinski definition) is 3. The maximum atomic E-state index is 13.0. The molecule has 5 rings (SSSR count). The first-order chi connectivity index (χ1) is 16.4. The fraction of sp³-hybridized carbons (Fsp3) is 0.0909. The van der Waals surface area contributed by atoms with E-state index < -0.39 is 11.7 Å². The van der Waals surface area contributed by atoms with Crippen molar-refractivity contribution in [1.29, 1.82) is 0 Å². The molecule has 0 saturated heterocycles. The first-order valence-electron chi connectivity index (χ1n) is 9.93. The van der Waals surface area contributed by atoms with Crippen LogP contribution in [0.15, 0.2) is 66.0 Å². The molecule has 0 aliphatic carbocycles. The molecular formula is C22H16F3N7OS. The maximum absolute atomic E-state index is 13.0. The number of benzene rings is 2. The number of aromatic nitrogens is 6. The Kier molecular flexibility index (Phi) is 5.57. The summed E-state index contributed by atoms with van der Waals surface area (Å²) in [5.74, 6) is 1.56. The summed E-state index contributed by atoms with van der Waals surface area (Å²) in [6.07, 6.45) is -0.791. The number of alkyl halides is 3. The van der Waals surface area contributed by atoms with Gasteiger partial charge >= 0.3 is 6.18 Å². The lowest BCUT2D eigenvalue weighted by atomic mass is 10.2. The molecule has 0 atom stereocenters. The van der Waals surface area contributed by atoms with Crippen LogP contribution in [0.4, 0.5) is 24.8 Å². The van der Waals surface area contributed by atoms with Crippen molar-refractivity contribution in [2.75, 3.05) is 11.6 Å². The average Bonchev–Trinajstić information content (AvgIpc) is 3.48. The predicted molar refractivity (Wildman–Crippen MR) is 122 cm³/mol. The highest BCUT2D eigenvalue weighted by molar-refractivity contribution is 7.98. The number of anilines is 2. The lowest BCUT2D eigenvalue weighted by Crippen LogP contribution is -2.05. The van der Waals surface area contributed by atoms with Crippen molar-refractivity contribution in [1.82, 2.24) is 30.1 Å². The summed E-state index contributed by atoms with van der Waals surface area (Å²) in [4.78, 5) is 14.9. The van der Waals surface area contributed by atoms with Crippen molar-refractivity contribution in [3.05, 3.63) is 66.4 Å². The van der Waals surface area contributed by atoms with Crippen molar-refractivity contribution in [3.8, 4) is 23.0 Å². The van der Waals surface area contributed by atoms with E-state index in [-0.39, 0.29) is 11.6 Å². The predicted octanol–water partition coefficient (Wildman–Crippen LogP) is 6.02. The molecule has 172 valence electrons. The van der Waals surface area contributed by atoms with Crippen molar-refractivity contribution in [2.45, 2.75) is 11.3 Å². The van der Waals surface area contributed by atoms with E-state index in [4.69, 9.17) is 4.74 Å². The Balaban J connectivity index is 1.38. The summed E-state index contributed by atoms with van der Waals surface area (Å²) < 4.78 is 44.9. The van der Waals surface area contributed by atoms with Gasteiger partial charge in [0.2, 0.25) is 11.8 Å². The van der Waals surface area contributed by atoms with Gasteiger partial charge in [0.05, 0.1) is 10.9 Å². The zero-order chi connectivity index (χ0) is 23.7. The molecule has 0 spiro atoms. The molecule has 0 aliphatic heterocycles. The van der Waals surface area contributed by atoms with E-state index in [1.165, 1.54) is 23.9 Å². The number of H-pyrrole nitrogens is 2. The number of halogens is 3. The van der Waals surface area contributed by atoms with Crippen LogP contribution >= 0.6 is 11.8 Å². The zero-order valence-electron chi connectivity index (χ0n) is 17.5. The number of hydrogen-bond acceptors (Lipinski definition) is 7. The lowest BCUT2D eigenvalue weighted by molar-refractivity contribution is -0.137. The van der Waals surface area contributed by atoms with Crippen LogP contribution in [0.25, 0.3) is 22.4 Å². The molecule has 0 unspecified atom stereocenters. The van der Waals surface area contributed by atoms with Crippen molar-refractivity contribution >= 4 is 34.4 Å². The van der Waals surface area contributed by atoms with Gasteiger partial charge in [0, 0.05) is 17.4 Å². The van der Waals surface area contributed by atoms with Crippen LogP contribution in [-0.2, 0) is 6.18 Å². The SMILES string of the molecule is CSc1nc(Oc2cccc(-c3nnc(Nc4cccc(C(F)(F)F)c4)[nH]3)c2)c2cc[nH]c2n1. The minimum atomic E-state index is -4.43. The molecule has 3 aromatic heterocycles. The topological polar surface area (TPSA) is 104 Å². The number of ether oxygens (including phenoxy) is 1. The summed E-state index contributed by atoms with van der Waals surface area (Å²) in [5, 5.41) is 12.2. The third kappa shape index (κ3) is 4.53. The highest BCUT2D eigenvalue weighted by Crippen LogP contribution is 2.32. The van der Waals surface area contributed by atoms with E-state index >= 15 is 0 Å². The molecule has 2 aromatic carbocycles. The van der Waals surface area contributed by atoms with Crippen LogP contribution in [0, 0.1) is 0 Å². The number of fused-ring (bicyclic) bond motifs is 1. The van der Waals surface area contributed by atoms with Gasteiger partial charge in [0.25, 0.3) is 0 Å². The molecule has 5 aromatic rings. The van der Waals surface area contributed by atoms with Gasteiger partial charge in [-0.25, -0.2) is 4.98 Å². The van der Waals surface area contributed by atoms with Gasteiger partial charge in [-0.3, -0.25) is 0 Å². The average molecular weight is 483 g/mol. The van der Waals surface area contributed by atoms with Crippen LogP contribution in [0.5, 0.6) is 11.6 Å². The van der Waals surface area contributed by atoms with Gasteiger partial charge < -0.3 is 20.0 Å². The Hall–Kier alpha value is -4.06. The molecule has 12 heteroatoms. The fourth-order valence-electron chi connectivity index (χ4n) is 3.24. The van der Waals surface area contributed by atoms with Crippen molar-refractivity contribution < 1.29 is 17.9 Å². The van der Waals surface area contributed by atoms with Crippen molar-refractivity contribution in [3.63, 3.8) is 0 Å². The monoisotopic (exact) mass is 483 g/mol. The Morgan fingerprint density at radius 1 is 1.00 bits per heavy atom. The summed E-state index contributed by atoms with van der Waals surface area (Å²) in [6, 6.07) is 13.8. The molecule has 0 saturated carbocycles. The highest BCUT2D eigenvalue weighted by atomic mass is 32.2. The van der Waals surface area contributed by atoms with Gasteiger partial charge in [0.1, 0.15) is 11.4 Å². The van der Waals surface area contributed by atoms with Gasteiger partial charge in [-0.1, -0.05) is 30.0 Å². The summed E-state index contributed by atoms with van der Waals surface area (Å²) in [7, 11) is 0. The third-order valence-electron chi connectivity index (χ3n) is 4.80. The zero-order valence-corrected chi connectivity index (χ0v) is 18.3. The van der Waals surface area contributed by atoms with Crippen LogP contribution in [0.1, 0.15) is 5.56 Å². The van der Waals surface area contributed by atoms with Gasteiger partial charge in [0.15, 0.2) is 11.0 Å². The normalized spacial score (nSPS) is 11.6. The first-order valence-corrected chi connectivity index (χ1v) is 11.2. The Morgan fingerprint density at radius 3 is 2.68 bits per heavy atom. The van der Waals surface area contributed by atoms with Gasteiger partial charge in [-0.05, 0) is 42.7 Å². The Morgan fingerprint density at radius 2 is 1.85 bits per heavy atom. The van der Waals surface area contributed by atoms with E-state index in [0.717, 1.165) is 17.5 Å². The minimum absolute atomic E-state index is 0.204. The standard InChI is InChI=1S/C22H16F3N7OS/c1-34-21-29-18-16(8-9-26-18)19(30-21)33-15-7-2-4-12(10-15)17-28-20(32-31-17)27-14-6-3-5-13(11-14)22(23,24)25/h2-11H,1H3,(H,26,29,30)(H2,27,28,31,32). The number of rotatable bonds is 6. The molecule has 0 amide bonds. The van der Waals surface area contributed by atoms with Crippen LogP contribution in [0.3, 0.4) is 0 Å². The van der Waals surface area contributed by atoms with Gasteiger partial charge in [-0.2, -0.15) is 18.2 Å². The molecule has 3 N–H and O–H groups in total. The number of nitrogens with one attached hydrogen (secondary N) is 3. The summed E-state index contributed by atoms with van der Waals surface area (Å²) in [6.45, 7) is 0. The number of thioether (sulfide) groups is 1. The highest BCUT2D eigenvalue weighted by Gasteiger charge is 2.30. The second-order valence-corrected chi connectivity index (χ2v) is 7.88. The molecule has 0 fully saturated rings. The van der Waals surface area contributed by atoms with Gasteiger partial charge in [-0.15, -0.1) is 10.2 Å². The number of aromatic amines is 2. The molecular weight excluding hydrogens is 467 g/mol. The summed E-state index contributed by atoms with van der Waals surface area (Å²) >= 11 is 1.40. The van der Waals surface area contributed by atoms with E-state index in [9.17, 15) is 13.2 Å². The Labute approximate surface area is 195 Å². The maximum Gasteiger partial charge on any atom is 0.416 e. The minimum Gasteiger partial charge on any atom is -0.438 e. The molecule has 3 heterocycles. The quantitative estimate of drug-likeness (QED) is 0.200. The molecule has 0 aliphatic rings. The molecule has 0 bridgehead atoms. The van der Waals surface area contributed by atoms with E-state index in [1.54, 1.807) is 30.5 Å². The smallest absolute Gasteiger partial charge is 0.416 e. The molecule has 8 nitrogen and oxygen atoms in total. The van der Waals surface area contributed by atoms with Crippen molar-refractivity contribution in [2.24, 2.45) is 0 Å². The lowest BCUT2D eigenvalue weighted by Gasteiger charge is -2.09. The largest absolute Gasteiger partial charge is 0.438 e. The second-order valence-electron chi connectivity index (χ2n) is 7.11. The fourth-order valence-corrected chi connectivity index (χ4v) is 3.60. The van der Waals surface area contributed by atoms with E-state index in [1.807, 2.05) is 12.3 Å². The Bertz CT molecular complexity index is 1460. The third-order valence-corrected chi connectivity index (χ3v) is 5.35. The van der Waals surface area contributed by atoms with Crippen LogP contribution in [-0.4, -0.2) is 36.4 Å². The second kappa shape index (κ2) is 8.71. The van der Waals surface area contributed by atoms with Crippen LogP contribution in [0.2, 0.25) is 0 Å². The molecule has 34 heavy (non-hydrogen) atoms. The number of nitrogens with zero attached hydrogens (tertiary/aromatic N) is 4. The summed E-state index contributed by atoms with van der Waals surface area (Å²) in [5.41, 5.74) is 0.823. The molecule has 0 radical (unpaired) electrons. The van der Waals surface area contributed by atoms with E-state index in [2.05, 4.69) is 35.5 Å². The first kappa shape index (κ1) is 21.8. The van der Waals surface area contributed by atoms with Crippen LogP contribution < -0.4 is 10.1 Å². The van der Waals surface area contributed by atoms with E-state index in [0.29, 0.717) is 33.8 Å².